The van der Waals surface area contributed by atoms with E-state index in [1.165, 1.54) is 0 Å². The molecule has 4 aromatic rings. The van der Waals surface area contributed by atoms with Crippen molar-refractivity contribution in [1.29, 1.82) is 5.26 Å². The number of likely N-dealkylation sites (tertiary alicyclic amines) is 1. The Morgan fingerprint density at radius 2 is 1.74 bits per heavy atom. The van der Waals surface area contributed by atoms with Gasteiger partial charge in [0.25, 0.3) is 0 Å². The molecule has 4 aromatic carbocycles. The lowest BCUT2D eigenvalue weighted by molar-refractivity contribution is -0.144. The molecule has 7 heteroatoms. The number of carbonyl (C=O) groups is 1. The Hall–Kier alpha value is -4.31. The Morgan fingerprint density at radius 3 is 2.52 bits per heavy atom. The smallest absolute Gasteiger partial charge is 0.320 e. The van der Waals surface area contributed by atoms with Gasteiger partial charge >= 0.3 is 5.97 Å². The third-order valence-electron chi connectivity index (χ3n) is 7.75. The van der Waals surface area contributed by atoms with Crippen LogP contribution in [0.15, 0.2) is 84.9 Å². The molecule has 1 heterocycles. The summed E-state index contributed by atoms with van der Waals surface area (Å²) in [5, 5.41) is 19.5. The minimum absolute atomic E-state index is 0.240. The molecule has 0 spiro atoms. The van der Waals surface area contributed by atoms with Gasteiger partial charge in [0, 0.05) is 18.2 Å². The molecule has 0 saturated carbocycles. The quantitative estimate of drug-likeness (QED) is 0.206. The molecule has 1 N–H and O–H groups in total. The Kier molecular flexibility index (Phi) is 9.43. The zero-order chi connectivity index (χ0) is 29.5. The number of hydrogen-bond acceptors (Lipinski definition) is 5. The Bertz CT molecular complexity index is 1600. The highest BCUT2D eigenvalue weighted by Crippen LogP contribution is 2.36. The monoisotopic (exact) mass is 580 g/mol. The van der Waals surface area contributed by atoms with E-state index in [4.69, 9.17) is 21.1 Å². The van der Waals surface area contributed by atoms with Gasteiger partial charge in [0.15, 0.2) is 0 Å². The van der Waals surface area contributed by atoms with Gasteiger partial charge < -0.3 is 14.6 Å². The van der Waals surface area contributed by atoms with Crippen LogP contribution in [0.5, 0.6) is 11.5 Å². The summed E-state index contributed by atoms with van der Waals surface area (Å²) in [6, 6.07) is 28.9. The molecule has 0 bridgehead atoms. The number of benzene rings is 4. The molecule has 0 aliphatic carbocycles. The number of rotatable bonds is 10. The van der Waals surface area contributed by atoms with Crippen molar-refractivity contribution in [2.45, 2.75) is 52.0 Å². The Balaban J connectivity index is 1.41. The van der Waals surface area contributed by atoms with Gasteiger partial charge in [-0.25, -0.2) is 0 Å². The number of ether oxygens (including phenoxy) is 2. The maximum absolute atomic E-state index is 11.9. The second-order valence-corrected chi connectivity index (χ2v) is 11.0. The van der Waals surface area contributed by atoms with Crippen LogP contribution in [0.25, 0.3) is 11.1 Å². The molecule has 5 rings (SSSR count). The number of aliphatic carboxylic acids is 1. The van der Waals surface area contributed by atoms with E-state index in [0.717, 1.165) is 46.2 Å². The zero-order valence-electron chi connectivity index (χ0n) is 23.6. The first-order valence-corrected chi connectivity index (χ1v) is 14.5. The van der Waals surface area contributed by atoms with Crippen molar-refractivity contribution in [3.8, 4) is 28.7 Å². The summed E-state index contributed by atoms with van der Waals surface area (Å²) in [4.78, 5) is 13.9. The predicted molar refractivity (Wildman–Crippen MR) is 164 cm³/mol. The summed E-state index contributed by atoms with van der Waals surface area (Å²) in [5.74, 6) is 0.241. The van der Waals surface area contributed by atoms with E-state index in [0.29, 0.717) is 48.2 Å². The van der Waals surface area contributed by atoms with Crippen molar-refractivity contribution in [2.75, 3.05) is 6.54 Å². The summed E-state index contributed by atoms with van der Waals surface area (Å²) in [7, 11) is 0. The van der Waals surface area contributed by atoms with Gasteiger partial charge in [-0.1, -0.05) is 78.7 Å². The van der Waals surface area contributed by atoms with E-state index in [-0.39, 0.29) is 6.61 Å². The lowest BCUT2D eigenvalue weighted by Gasteiger charge is -2.33. The van der Waals surface area contributed by atoms with E-state index in [1.54, 1.807) is 18.2 Å². The number of halogens is 1. The molecular formula is C35H33ClN2O4. The molecule has 1 saturated heterocycles. The number of nitriles is 1. The van der Waals surface area contributed by atoms with Crippen LogP contribution in [0.1, 0.15) is 47.1 Å². The third-order valence-corrected chi connectivity index (χ3v) is 8.05. The lowest BCUT2D eigenvalue weighted by Crippen LogP contribution is -2.44. The van der Waals surface area contributed by atoms with Crippen LogP contribution in [0.2, 0.25) is 5.02 Å². The van der Waals surface area contributed by atoms with Crippen LogP contribution in [0, 0.1) is 18.3 Å². The molecule has 214 valence electrons. The summed E-state index contributed by atoms with van der Waals surface area (Å²) >= 11 is 6.76. The number of carboxylic acids is 1. The maximum Gasteiger partial charge on any atom is 0.320 e. The van der Waals surface area contributed by atoms with Crippen LogP contribution >= 0.6 is 11.6 Å². The first-order chi connectivity index (χ1) is 20.4. The molecule has 0 aromatic heterocycles. The summed E-state index contributed by atoms with van der Waals surface area (Å²) in [6.45, 7) is 3.73. The standard InChI is InChI=1S/C35H33ClN2O4/c1-24-28(13-8-14-30(24)27-11-3-2-4-12-27)23-42-34-19-33(41-22-26-10-7-9-25(17-26)20-37)29(18-31(34)36)21-38-16-6-5-15-32(38)35(39)40/h2-4,7-14,17-19,32H,5-6,15-16,21-23H2,1H3,(H,39,40). The largest absolute Gasteiger partial charge is 0.488 e. The van der Waals surface area contributed by atoms with Gasteiger partial charge in [0.05, 0.1) is 16.7 Å². The van der Waals surface area contributed by atoms with Crippen LogP contribution in [0.3, 0.4) is 0 Å². The Morgan fingerprint density at radius 1 is 0.952 bits per heavy atom. The first-order valence-electron chi connectivity index (χ1n) is 14.1. The first kappa shape index (κ1) is 29.2. The third kappa shape index (κ3) is 6.94. The fourth-order valence-electron chi connectivity index (χ4n) is 5.44. The summed E-state index contributed by atoms with van der Waals surface area (Å²) in [6.07, 6.45) is 2.45. The van der Waals surface area contributed by atoms with Gasteiger partial charge in [0.2, 0.25) is 0 Å². The SMILES string of the molecule is Cc1c(COc2cc(OCc3cccc(C#N)c3)c(CN3CCCCC3C(=O)O)cc2Cl)cccc1-c1ccccc1. The van der Waals surface area contributed by atoms with E-state index >= 15 is 0 Å². The number of piperidine rings is 1. The molecular weight excluding hydrogens is 548 g/mol. The van der Waals surface area contributed by atoms with Gasteiger partial charge in [-0.3, -0.25) is 9.69 Å². The van der Waals surface area contributed by atoms with Gasteiger partial charge in [-0.05, 0) is 72.3 Å². The molecule has 1 unspecified atom stereocenters. The average molecular weight is 581 g/mol. The summed E-state index contributed by atoms with van der Waals surface area (Å²) < 4.78 is 12.6. The fraction of sp³-hybridized carbons (Fsp3) is 0.257. The predicted octanol–water partition coefficient (Wildman–Crippen LogP) is 7.78. The molecule has 1 fully saturated rings. The number of nitrogens with zero attached hydrogens (tertiary/aromatic N) is 2. The van der Waals surface area contributed by atoms with Gasteiger partial charge in [0.1, 0.15) is 30.8 Å². The van der Waals surface area contributed by atoms with Crippen LogP contribution in [0.4, 0.5) is 0 Å². The van der Waals surface area contributed by atoms with Crippen molar-refractivity contribution in [3.05, 3.63) is 118 Å². The molecule has 0 amide bonds. The van der Waals surface area contributed by atoms with Crippen molar-refractivity contribution in [1.82, 2.24) is 4.90 Å². The Labute approximate surface area is 251 Å². The van der Waals surface area contributed by atoms with Crippen LogP contribution < -0.4 is 9.47 Å². The fourth-order valence-corrected chi connectivity index (χ4v) is 5.68. The molecule has 1 aliphatic heterocycles. The van der Waals surface area contributed by atoms with E-state index in [9.17, 15) is 15.2 Å². The highest BCUT2D eigenvalue weighted by atomic mass is 35.5. The molecule has 42 heavy (non-hydrogen) atoms. The van der Waals surface area contributed by atoms with Crippen molar-refractivity contribution >= 4 is 17.6 Å². The number of hydrogen-bond donors (Lipinski definition) is 1. The normalized spacial score (nSPS) is 15.1. The van der Waals surface area contributed by atoms with E-state index in [1.807, 2.05) is 53.4 Å². The van der Waals surface area contributed by atoms with Crippen LogP contribution in [-0.4, -0.2) is 28.6 Å². The zero-order valence-corrected chi connectivity index (χ0v) is 24.3. The van der Waals surface area contributed by atoms with Crippen molar-refractivity contribution in [2.24, 2.45) is 0 Å². The van der Waals surface area contributed by atoms with Gasteiger partial charge in [-0.15, -0.1) is 0 Å². The molecule has 1 atom stereocenters. The van der Waals surface area contributed by atoms with Crippen LogP contribution in [-0.2, 0) is 24.6 Å². The maximum atomic E-state index is 11.9. The highest BCUT2D eigenvalue weighted by Gasteiger charge is 2.29. The second kappa shape index (κ2) is 13.6. The van der Waals surface area contributed by atoms with E-state index < -0.39 is 12.0 Å². The number of carboxylic acid groups (broad SMARTS) is 1. The van der Waals surface area contributed by atoms with Gasteiger partial charge in [-0.2, -0.15) is 5.26 Å². The second-order valence-electron chi connectivity index (χ2n) is 10.6. The highest BCUT2D eigenvalue weighted by molar-refractivity contribution is 6.32. The van der Waals surface area contributed by atoms with E-state index in [2.05, 4.69) is 31.2 Å². The molecule has 1 aliphatic rings. The topological polar surface area (TPSA) is 82.8 Å². The molecule has 0 radical (unpaired) electrons. The minimum Gasteiger partial charge on any atom is -0.488 e. The van der Waals surface area contributed by atoms with Crippen molar-refractivity contribution < 1.29 is 19.4 Å². The van der Waals surface area contributed by atoms with Crippen molar-refractivity contribution in [3.63, 3.8) is 0 Å². The summed E-state index contributed by atoms with van der Waals surface area (Å²) in [5.41, 5.74) is 6.68. The lowest BCUT2D eigenvalue weighted by atomic mass is 9.97. The molecule has 6 nitrogen and oxygen atoms in total. The minimum atomic E-state index is -0.815. The average Bonchev–Trinajstić information content (AvgIpc) is 3.01.